The molecule has 1 aliphatic heterocycles. The van der Waals surface area contributed by atoms with Gasteiger partial charge in [0.05, 0.1) is 13.2 Å². The molecule has 1 aliphatic carbocycles. The molecule has 2 N–H and O–H groups in total. The van der Waals surface area contributed by atoms with Crippen LogP contribution in [-0.4, -0.2) is 71.1 Å². The predicted octanol–water partition coefficient (Wildman–Crippen LogP) is 1.71. The van der Waals surface area contributed by atoms with E-state index in [9.17, 15) is 0 Å². The number of hydrogen-bond acceptors (Lipinski definition) is 5. The Hall–Kier alpha value is -1.67. The molecule has 164 valence electrons. The smallest absolute Gasteiger partial charge is 0.191 e. The van der Waals surface area contributed by atoms with Gasteiger partial charge in [-0.05, 0) is 51.0 Å². The third-order valence-corrected chi connectivity index (χ3v) is 6.13. The van der Waals surface area contributed by atoms with E-state index in [1.807, 2.05) is 18.5 Å². The van der Waals surface area contributed by atoms with E-state index in [-0.39, 0.29) is 0 Å². The van der Waals surface area contributed by atoms with Crippen LogP contribution in [0.1, 0.15) is 51.2 Å². The second-order valence-electron chi connectivity index (χ2n) is 8.88. The number of aromatic nitrogens is 3. The maximum absolute atomic E-state index is 5.43. The van der Waals surface area contributed by atoms with Crippen LogP contribution in [0, 0.1) is 18.8 Å². The Bertz CT molecular complexity index is 643. The number of guanidine groups is 1. The van der Waals surface area contributed by atoms with Gasteiger partial charge in [0, 0.05) is 32.7 Å². The molecule has 0 bridgehead atoms. The van der Waals surface area contributed by atoms with E-state index in [0.29, 0.717) is 12.6 Å². The zero-order chi connectivity index (χ0) is 20.6. The summed E-state index contributed by atoms with van der Waals surface area (Å²) in [5, 5.41) is 15.6. The van der Waals surface area contributed by atoms with E-state index < -0.39 is 0 Å². The number of morpholine rings is 1. The van der Waals surface area contributed by atoms with Crippen molar-refractivity contribution >= 4 is 5.96 Å². The van der Waals surface area contributed by atoms with Gasteiger partial charge in [0.2, 0.25) is 0 Å². The van der Waals surface area contributed by atoms with Crippen molar-refractivity contribution in [2.24, 2.45) is 23.9 Å². The van der Waals surface area contributed by atoms with Crippen LogP contribution in [0.4, 0.5) is 0 Å². The van der Waals surface area contributed by atoms with Gasteiger partial charge in [-0.3, -0.25) is 4.90 Å². The molecule has 29 heavy (non-hydrogen) atoms. The summed E-state index contributed by atoms with van der Waals surface area (Å²) >= 11 is 0. The second kappa shape index (κ2) is 10.9. The Balaban J connectivity index is 1.54. The van der Waals surface area contributed by atoms with E-state index >= 15 is 0 Å². The van der Waals surface area contributed by atoms with Gasteiger partial charge in [-0.25, -0.2) is 4.99 Å². The maximum Gasteiger partial charge on any atom is 0.191 e. The minimum Gasteiger partial charge on any atom is -0.379 e. The molecular weight excluding hydrogens is 366 g/mol. The van der Waals surface area contributed by atoms with E-state index in [0.717, 1.165) is 75.3 Å². The monoisotopic (exact) mass is 405 g/mol. The maximum atomic E-state index is 5.43. The van der Waals surface area contributed by atoms with Gasteiger partial charge >= 0.3 is 0 Å². The molecule has 0 radical (unpaired) electrons. The minimum atomic E-state index is 0.487. The van der Waals surface area contributed by atoms with Crippen molar-refractivity contribution in [3.63, 3.8) is 0 Å². The molecule has 0 spiro atoms. The molecule has 1 saturated carbocycles. The van der Waals surface area contributed by atoms with Gasteiger partial charge in [-0.2, -0.15) is 0 Å². The first-order valence-electron chi connectivity index (χ1n) is 11.2. The molecule has 0 amide bonds. The molecule has 1 aromatic heterocycles. The van der Waals surface area contributed by atoms with Crippen LogP contribution in [0.5, 0.6) is 0 Å². The van der Waals surface area contributed by atoms with Crippen LogP contribution in [0.3, 0.4) is 0 Å². The van der Waals surface area contributed by atoms with Crippen LogP contribution < -0.4 is 10.6 Å². The molecule has 1 saturated heterocycles. The fourth-order valence-electron chi connectivity index (χ4n) is 4.48. The summed E-state index contributed by atoms with van der Waals surface area (Å²) in [6, 6.07) is 0.487. The highest BCUT2D eigenvalue weighted by Crippen LogP contribution is 2.28. The lowest BCUT2D eigenvalue weighted by atomic mass is 9.80. The topological polar surface area (TPSA) is 79.6 Å². The van der Waals surface area contributed by atoms with Crippen LogP contribution in [0.25, 0.3) is 0 Å². The van der Waals surface area contributed by atoms with E-state index in [1.165, 1.54) is 19.3 Å². The normalized spacial score (nSPS) is 26.5. The first kappa shape index (κ1) is 22.0. The summed E-state index contributed by atoms with van der Waals surface area (Å²) in [5.74, 6) is 4.24. The fraction of sp³-hybridized carbons (Fsp3) is 0.857. The van der Waals surface area contributed by atoms with Crippen molar-refractivity contribution in [1.82, 2.24) is 30.3 Å². The Labute approximate surface area is 175 Å². The van der Waals surface area contributed by atoms with Gasteiger partial charge < -0.3 is 19.9 Å². The Kier molecular flexibility index (Phi) is 8.29. The SMILES string of the molecule is Cc1nnc(CN=C(NCCCN2CCOCC2)NC2CC(C)CC(C)C2)n1C. The number of ether oxygens (including phenoxy) is 1. The number of rotatable bonds is 7. The number of aryl methyl sites for hydroxylation is 1. The van der Waals surface area contributed by atoms with Crippen molar-refractivity contribution in [2.45, 2.75) is 59.0 Å². The summed E-state index contributed by atoms with van der Waals surface area (Å²) in [5.41, 5.74) is 0. The molecule has 2 unspecified atom stereocenters. The highest BCUT2D eigenvalue weighted by atomic mass is 16.5. The minimum absolute atomic E-state index is 0.487. The Morgan fingerprint density at radius 1 is 1.14 bits per heavy atom. The standard InChI is InChI=1S/C21H39N7O/c1-16-12-17(2)14-19(13-16)24-21(23-15-20-26-25-18(3)27(20)4)22-6-5-7-28-8-10-29-11-9-28/h16-17,19H,5-15H2,1-4H3,(H2,22,23,24). The second-order valence-corrected chi connectivity index (χ2v) is 8.88. The van der Waals surface area contributed by atoms with Crippen molar-refractivity contribution in [3.8, 4) is 0 Å². The highest BCUT2D eigenvalue weighted by molar-refractivity contribution is 5.80. The largest absolute Gasteiger partial charge is 0.379 e. The van der Waals surface area contributed by atoms with Crippen molar-refractivity contribution in [1.29, 1.82) is 0 Å². The van der Waals surface area contributed by atoms with E-state index in [2.05, 4.69) is 39.6 Å². The molecule has 2 heterocycles. The highest BCUT2D eigenvalue weighted by Gasteiger charge is 2.24. The van der Waals surface area contributed by atoms with Gasteiger partial charge in [0.1, 0.15) is 12.4 Å². The quantitative estimate of drug-likeness (QED) is 0.408. The van der Waals surface area contributed by atoms with Gasteiger partial charge in [-0.15, -0.1) is 10.2 Å². The lowest BCUT2D eigenvalue weighted by molar-refractivity contribution is 0.0376. The fourth-order valence-corrected chi connectivity index (χ4v) is 4.48. The number of aliphatic imine (C=N–C) groups is 1. The molecule has 0 aromatic carbocycles. The van der Waals surface area contributed by atoms with Crippen molar-refractivity contribution in [3.05, 3.63) is 11.6 Å². The number of nitrogens with zero attached hydrogens (tertiary/aromatic N) is 5. The predicted molar refractivity (Wildman–Crippen MR) is 116 cm³/mol. The summed E-state index contributed by atoms with van der Waals surface area (Å²) < 4.78 is 7.44. The van der Waals surface area contributed by atoms with E-state index in [1.54, 1.807) is 0 Å². The molecule has 1 aromatic rings. The molecule has 8 heteroatoms. The Morgan fingerprint density at radius 3 is 2.52 bits per heavy atom. The third kappa shape index (κ3) is 6.96. The van der Waals surface area contributed by atoms with Crippen LogP contribution in [0.2, 0.25) is 0 Å². The number of hydrogen-bond donors (Lipinski definition) is 2. The van der Waals surface area contributed by atoms with E-state index in [4.69, 9.17) is 9.73 Å². The summed E-state index contributed by atoms with van der Waals surface area (Å²) in [6.45, 7) is 13.0. The first-order valence-corrected chi connectivity index (χ1v) is 11.2. The van der Waals surface area contributed by atoms with Crippen LogP contribution in [0.15, 0.2) is 4.99 Å². The van der Waals surface area contributed by atoms with Crippen LogP contribution in [-0.2, 0) is 18.3 Å². The Morgan fingerprint density at radius 2 is 1.86 bits per heavy atom. The van der Waals surface area contributed by atoms with Gasteiger partial charge in [0.15, 0.2) is 11.8 Å². The molecule has 2 atom stereocenters. The number of nitrogens with one attached hydrogen (secondary N) is 2. The molecule has 2 aliphatic rings. The average molecular weight is 406 g/mol. The van der Waals surface area contributed by atoms with Gasteiger partial charge in [0.25, 0.3) is 0 Å². The summed E-state index contributed by atoms with van der Waals surface area (Å²) in [6.07, 6.45) is 4.85. The summed E-state index contributed by atoms with van der Waals surface area (Å²) in [4.78, 5) is 7.31. The van der Waals surface area contributed by atoms with Gasteiger partial charge in [-0.1, -0.05) is 13.8 Å². The third-order valence-electron chi connectivity index (χ3n) is 6.13. The zero-order valence-corrected chi connectivity index (χ0v) is 18.7. The molecule has 2 fully saturated rings. The average Bonchev–Trinajstić information content (AvgIpc) is 3.01. The first-order chi connectivity index (χ1) is 14.0. The van der Waals surface area contributed by atoms with Crippen molar-refractivity contribution < 1.29 is 4.74 Å². The lowest BCUT2D eigenvalue weighted by Gasteiger charge is -2.33. The molecule has 8 nitrogen and oxygen atoms in total. The molecule has 3 rings (SSSR count). The summed E-state index contributed by atoms with van der Waals surface area (Å²) in [7, 11) is 1.99. The lowest BCUT2D eigenvalue weighted by Crippen LogP contribution is -2.47. The van der Waals surface area contributed by atoms with Crippen LogP contribution >= 0.6 is 0 Å². The molecular formula is C21H39N7O. The van der Waals surface area contributed by atoms with Crippen molar-refractivity contribution in [2.75, 3.05) is 39.4 Å². The zero-order valence-electron chi connectivity index (χ0n) is 18.7.